The van der Waals surface area contributed by atoms with Gasteiger partial charge in [0.05, 0.1) is 6.61 Å². The number of carboxylic acid groups (broad SMARTS) is 2. The molecule has 0 amide bonds. The number of rotatable bonds is 7. The Bertz CT molecular complexity index is 952. The lowest BCUT2D eigenvalue weighted by atomic mass is 9.94. The molecule has 8 nitrogen and oxygen atoms in total. The zero-order valence-corrected chi connectivity index (χ0v) is 16.3. The molecule has 0 atom stereocenters. The van der Waals surface area contributed by atoms with E-state index in [-0.39, 0.29) is 16.9 Å². The van der Waals surface area contributed by atoms with Crippen LogP contribution < -0.4 is 16.0 Å². The maximum absolute atomic E-state index is 12.2. The van der Waals surface area contributed by atoms with Gasteiger partial charge in [-0.1, -0.05) is 29.8 Å². The van der Waals surface area contributed by atoms with Gasteiger partial charge in [-0.2, -0.15) is 0 Å². The van der Waals surface area contributed by atoms with Gasteiger partial charge in [0, 0.05) is 15.6 Å². The van der Waals surface area contributed by atoms with Crippen LogP contribution >= 0.6 is 15.9 Å². The molecule has 9 heteroatoms. The number of aromatic carboxylic acids is 2. The van der Waals surface area contributed by atoms with Crippen molar-refractivity contribution < 1.29 is 24.5 Å². The van der Waals surface area contributed by atoms with Gasteiger partial charge in [0.25, 0.3) is 5.56 Å². The lowest BCUT2D eigenvalue weighted by molar-refractivity contribution is 0.0695. The molecule has 0 aliphatic heterocycles. The van der Waals surface area contributed by atoms with Crippen molar-refractivity contribution in [1.82, 2.24) is 4.98 Å². The minimum Gasteiger partial charge on any atom is -0.493 e. The molecule has 0 aliphatic carbocycles. The number of aromatic amines is 1. The number of aromatic nitrogens is 1. The van der Waals surface area contributed by atoms with Crippen LogP contribution in [0.3, 0.4) is 0 Å². The van der Waals surface area contributed by atoms with Crippen LogP contribution in [-0.4, -0.2) is 33.7 Å². The van der Waals surface area contributed by atoms with Gasteiger partial charge >= 0.3 is 11.9 Å². The van der Waals surface area contributed by atoms with E-state index in [2.05, 4.69) is 20.9 Å². The molecule has 27 heavy (non-hydrogen) atoms. The van der Waals surface area contributed by atoms with E-state index in [1.54, 1.807) is 12.1 Å². The summed E-state index contributed by atoms with van der Waals surface area (Å²) in [6, 6.07) is 4.75. The number of H-pyrrole nitrogens is 1. The number of halogens is 1. The first kappa shape index (κ1) is 20.5. The second-order valence-electron chi connectivity index (χ2n) is 6.27. The Hall–Kier alpha value is -2.81. The fourth-order valence-electron chi connectivity index (χ4n) is 2.54. The summed E-state index contributed by atoms with van der Waals surface area (Å²) in [7, 11) is 0. The summed E-state index contributed by atoms with van der Waals surface area (Å²) < 4.78 is 6.30. The fraction of sp³-hybridized carbons (Fsp3) is 0.278. The minimum atomic E-state index is -1.57. The molecule has 2 aromatic rings. The second-order valence-corrected chi connectivity index (χ2v) is 7.19. The number of nitrogen functional groups attached to an aromatic ring is 1. The van der Waals surface area contributed by atoms with Gasteiger partial charge in [-0.05, 0) is 30.5 Å². The van der Waals surface area contributed by atoms with Crippen LogP contribution in [0, 0.1) is 5.92 Å². The average Bonchev–Trinajstić information content (AvgIpc) is 2.54. The Morgan fingerprint density at radius 2 is 1.85 bits per heavy atom. The Labute approximate surface area is 163 Å². The number of hydrogen-bond acceptors (Lipinski definition) is 5. The molecule has 0 fully saturated rings. The Morgan fingerprint density at radius 1 is 1.22 bits per heavy atom. The van der Waals surface area contributed by atoms with Crippen molar-refractivity contribution in [3.8, 4) is 16.9 Å². The standard InChI is InChI=1S/C18H19BrN2O6/c1-8(2)5-6-27-11-4-3-9(19)7-10(11)12-13(17(23)24)15(20)21-16(22)14(12)18(25)26/h3-4,7-8H,5-6H2,1-2H3,(H,23,24)(H,25,26)(H3,20,21,22). The monoisotopic (exact) mass is 438 g/mol. The molecular formula is C18H19BrN2O6. The van der Waals surface area contributed by atoms with Crippen LogP contribution in [0.1, 0.15) is 41.0 Å². The number of nitrogens with one attached hydrogen (secondary N) is 1. The van der Waals surface area contributed by atoms with Gasteiger partial charge in [0.2, 0.25) is 0 Å². The molecule has 1 aromatic carbocycles. The summed E-state index contributed by atoms with van der Waals surface area (Å²) in [5.74, 6) is -2.83. The third-order valence-corrected chi connectivity index (χ3v) is 4.33. The molecule has 0 aliphatic rings. The Morgan fingerprint density at radius 3 is 2.41 bits per heavy atom. The van der Waals surface area contributed by atoms with Gasteiger partial charge in [-0.15, -0.1) is 0 Å². The van der Waals surface area contributed by atoms with E-state index in [0.717, 1.165) is 6.42 Å². The highest BCUT2D eigenvalue weighted by molar-refractivity contribution is 9.10. The van der Waals surface area contributed by atoms with E-state index in [0.29, 0.717) is 17.0 Å². The van der Waals surface area contributed by atoms with E-state index < -0.39 is 34.4 Å². The van der Waals surface area contributed by atoms with Crippen LogP contribution in [-0.2, 0) is 0 Å². The molecule has 0 radical (unpaired) electrons. The third-order valence-electron chi connectivity index (χ3n) is 3.84. The number of carboxylic acids is 2. The van der Waals surface area contributed by atoms with Crippen molar-refractivity contribution in [2.75, 3.05) is 12.3 Å². The number of hydrogen-bond donors (Lipinski definition) is 4. The molecule has 1 heterocycles. The van der Waals surface area contributed by atoms with Crippen LogP contribution in [0.15, 0.2) is 27.5 Å². The summed E-state index contributed by atoms with van der Waals surface area (Å²) in [5.41, 5.74) is 3.33. The highest BCUT2D eigenvalue weighted by atomic mass is 79.9. The average molecular weight is 439 g/mol. The molecule has 5 N–H and O–H groups in total. The zero-order chi connectivity index (χ0) is 20.3. The van der Waals surface area contributed by atoms with Crippen molar-refractivity contribution in [2.45, 2.75) is 20.3 Å². The SMILES string of the molecule is CC(C)CCOc1ccc(Br)cc1-c1c(C(=O)O)c(N)[nH]c(=O)c1C(=O)O. The lowest BCUT2D eigenvalue weighted by Crippen LogP contribution is -2.24. The fourth-order valence-corrected chi connectivity index (χ4v) is 2.91. The van der Waals surface area contributed by atoms with Crippen molar-refractivity contribution in [2.24, 2.45) is 5.92 Å². The smallest absolute Gasteiger partial charge is 0.342 e. The number of ether oxygens (including phenoxy) is 1. The number of benzene rings is 1. The lowest BCUT2D eigenvalue weighted by Gasteiger charge is -2.17. The maximum Gasteiger partial charge on any atom is 0.342 e. The van der Waals surface area contributed by atoms with Gasteiger partial charge in [-0.25, -0.2) is 9.59 Å². The molecular weight excluding hydrogens is 420 g/mol. The van der Waals surface area contributed by atoms with Gasteiger partial charge in [0.15, 0.2) is 0 Å². The molecule has 0 unspecified atom stereocenters. The molecule has 0 saturated carbocycles. The normalized spacial score (nSPS) is 10.8. The Balaban J connectivity index is 2.80. The summed E-state index contributed by atoms with van der Waals surface area (Å²) in [4.78, 5) is 37.7. The molecule has 0 spiro atoms. The predicted molar refractivity (Wildman–Crippen MR) is 103 cm³/mol. The molecule has 0 bridgehead atoms. The van der Waals surface area contributed by atoms with Crippen molar-refractivity contribution in [3.63, 3.8) is 0 Å². The third kappa shape index (κ3) is 4.48. The molecule has 2 rings (SSSR count). The largest absolute Gasteiger partial charge is 0.493 e. The van der Waals surface area contributed by atoms with Crippen LogP contribution in [0.25, 0.3) is 11.1 Å². The first-order valence-corrected chi connectivity index (χ1v) is 8.87. The second kappa shape index (κ2) is 8.26. The summed E-state index contributed by atoms with van der Waals surface area (Å²) in [6.45, 7) is 4.39. The Kier molecular flexibility index (Phi) is 6.27. The van der Waals surface area contributed by atoms with E-state index in [1.807, 2.05) is 13.8 Å². The van der Waals surface area contributed by atoms with E-state index >= 15 is 0 Å². The van der Waals surface area contributed by atoms with Crippen LogP contribution in [0.4, 0.5) is 5.82 Å². The van der Waals surface area contributed by atoms with Crippen molar-refractivity contribution in [1.29, 1.82) is 0 Å². The number of nitrogens with two attached hydrogens (primary N) is 1. The number of pyridine rings is 1. The minimum absolute atomic E-state index is 0.153. The zero-order valence-electron chi connectivity index (χ0n) is 14.7. The van der Waals surface area contributed by atoms with Gasteiger partial charge in [-0.3, -0.25) is 4.79 Å². The quantitative estimate of drug-likeness (QED) is 0.519. The van der Waals surface area contributed by atoms with Crippen LogP contribution in [0.5, 0.6) is 5.75 Å². The summed E-state index contributed by atoms with van der Waals surface area (Å²) in [5, 5.41) is 19.1. The molecule has 0 saturated heterocycles. The topological polar surface area (TPSA) is 143 Å². The van der Waals surface area contributed by atoms with E-state index in [9.17, 15) is 24.6 Å². The molecule has 144 valence electrons. The number of carbonyl (C=O) groups is 2. The highest BCUT2D eigenvalue weighted by Gasteiger charge is 2.28. The van der Waals surface area contributed by atoms with Crippen molar-refractivity contribution >= 4 is 33.7 Å². The first-order chi connectivity index (χ1) is 12.6. The van der Waals surface area contributed by atoms with E-state index in [1.165, 1.54) is 6.07 Å². The van der Waals surface area contributed by atoms with Crippen molar-refractivity contribution in [3.05, 3.63) is 44.2 Å². The summed E-state index contributed by atoms with van der Waals surface area (Å²) in [6.07, 6.45) is 0.741. The summed E-state index contributed by atoms with van der Waals surface area (Å²) >= 11 is 3.28. The number of anilines is 1. The van der Waals surface area contributed by atoms with Crippen LogP contribution in [0.2, 0.25) is 0 Å². The predicted octanol–water partition coefficient (Wildman–Crippen LogP) is 3.21. The maximum atomic E-state index is 12.2. The highest BCUT2D eigenvalue weighted by Crippen LogP contribution is 2.37. The molecule has 1 aromatic heterocycles. The van der Waals surface area contributed by atoms with Gasteiger partial charge in [0.1, 0.15) is 22.7 Å². The van der Waals surface area contributed by atoms with Gasteiger partial charge < -0.3 is 25.7 Å². The van der Waals surface area contributed by atoms with E-state index in [4.69, 9.17) is 10.5 Å². The first-order valence-electron chi connectivity index (χ1n) is 8.08.